The maximum absolute atomic E-state index is 12.0. The maximum atomic E-state index is 12.0. The summed E-state index contributed by atoms with van der Waals surface area (Å²) in [5, 5.41) is 15.2. The van der Waals surface area contributed by atoms with Crippen LogP contribution in [0.2, 0.25) is 5.02 Å². The van der Waals surface area contributed by atoms with E-state index in [0.717, 1.165) is 0 Å². The fourth-order valence-corrected chi connectivity index (χ4v) is 2.38. The first-order valence-electron chi connectivity index (χ1n) is 6.91. The van der Waals surface area contributed by atoms with Crippen LogP contribution in [0.3, 0.4) is 0 Å². The average molecular weight is 311 g/mol. The Balaban J connectivity index is 1.95. The van der Waals surface area contributed by atoms with Gasteiger partial charge in [-0.05, 0) is 25.5 Å². The number of nitrogens with one attached hydrogen (secondary N) is 2. The predicted molar refractivity (Wildman–Crippen MR) is 82.9 cm³/mol. The van der Waals surface area contributed by atoms with E-state index in [4.69, 9.17) is 21.4 Å². The number of hydrogen-bond acceptors (Lipinski definition) is 3. The lowest BCUT2D eigenvalue weighted by molar-refractivity contribution is 0.238. The molecule has 0 aliphatic heterocycles. The Kier molecular flexibility index (Phi) is 5.47. The Hall–Kier alpha value is -1.72. The molecule has 0 fully saturated rings. The van der Waals surface area contributed by atoms with Crippen molar-refractivity contribution in [3.8, 4) is 5.75 Å². The molecule has 0 aromatic heterocycles. The molecule has 1 aliphatic rings. The van der Waals surface area contributed by atoms with E-state index in [1.165, 1.54) is 0 Å². The van der Waals surface area contributed by atoms with Gasteiger partial charge >= 0.3 is 6.03 Å². The highest BCUT2D eigenvalue weighted by molar-refractivity contribution is 6.30. The molecule has 1 aliphatic carbocycles. The van der Waals surface area contributed by atoms with Crippen molar-refractivity contribution in [3.05, 3.63) is 35.4 Å². The molecule has 0 radical (unpaired) electrons. The summed E-state index contributed by atoms with van der Waals surface area (Å²) in [6.45, 7) is 2.45. The molecule has 3 N–H and O–H groups in total. The van der Waals surface area contributed by atoms with Crippen LogP contribution in [0.25, 0.3) is 0 Å². The number of ether oxygens (including phenoxy) is 1. The van der Waals surface area contributed by atoms with Crippen LogP contribution in [0.5, 0.6) is 5.75 Å². The van der Waals surface area contributed by atoms with Crippen LogP contribution in [-0.4, -0.2) is 30.4 Å². The average Bonchev–Trinajstić information content (AvgIpc) is 2.89. The summed E-state index contributed by atoms with van der Waals surface area (Å²) in [6, 6.07) is 4.68. The van der Waals surface area contributed by atoms with Crippen molar-refractivity contribution < 1.29 is 14.6 Å². The predicted octanol–water partition coefficient (Wildman–Crippen LogP) is 2.80. The van der Waals surface area contributed by atoms with Crippen LogP contribution in [0, 0.1) is 5.92 Å². The number of carbonyl (C=O) groups is 1. The van der Waals surface area contributed by atoms with Crippen LogP contribution in [0.4, 0.5) is 10.5 Å². The molecule has 0 spiro atoms. The van der Waals surface area contributed by atoms with Crippen LogP contribution in [0.1, 0.15) is 13.3 Å². The molecule has 21 heavy (non-hydrogen) atoms. The lowest BCUT2D eigenvalue weighted by Gasteiger charge is -2.15. The van der Waals surface area contributed by atoms with E-state index in [1.807, 2.05) is 19.1 Å². The second-order valence-electron chi connectivity index (χ2n) is 4.84. The van der Waals surface area contributed by atoms with E-state index in [-0.39, 0.29) is 24.6 Å². The van der Waals surface area contributed by atoms with Gasteiger partial charge in [-0.25, -0.2) is 4.79 Å². The summed E-state index contributed by atoms with van der Waals surface area (Å²) in [6.07, 6.45) is 4.52. The summed E-state index contributed by atoms with van der Waals surface area (Å²) in [5.74, 6) is 0.653. The van der Waals surface area contributed by atoms with Crippen molar-refractivity contribution in [2.45, 2.75) is 19.4 Å². The van der Waals surface area contributed by atoms with E-state index in [9.17, 15) is 4.79 Å². The molecule has 0 unspecified atom stereocenters. The zero-order valence-corrected chi connectivity index (χ0v) is 12.6. The van der Waals surface area contributed by atoms with Crippen molar-refractivity contribution in [1.29, 1.82) is 0 Å². The topological polar surface area (TPSA) is 70.6 Å². The smallest absolute Gasteiger partial charge is 0.319 e. The fraction of sp³-hybridized carbons (Fsp3) is 0.400. The van der Waals surface area contributed by atoms with Gasteiger partial charge in [-0.1, -0.05) is 23.8 Å². The molecule has 0 bridgehead atoms. The minimum absolute atomic E-state index is 0.0648. The highest BCUT2D eigenvalue weighted by Gasteiger charge is 2.20. The first-order chi connectivity index (χ1) is 10.1. The molecule has 5 nitrogen and oxygen atoms in total. The Morgan fingerprint density at radius 3 is 2.95 bits per heavy atom. The number of carbonyl (C=O) groups excluding carboxylic acids is 1. The van der Waals surface area contributed by atoms with Crippen molar-refractivity contribution >= 4 is 23.3 Å². The van der Waals surface area contributed by atoms with Crippen LogP contribution >= 0.6 is 11.6 Å². The molecule has 0 saturated heterocycles. The number of rotatable bonds is 5. The SMILES string of the molecule is CCOc1cc(Cl)ccc1NC(=O)N[C@@H]1C=C[C@H](CO)C1. The third kappa shape index (κ3) is 4.37. The van der Waals surface area contributed by atoms with Gasteiger partial charge in [0.1, 0.15) is 5.75 Å². The minimum Gasteiger partial charge on any atom is -0.492 e. The van der Waals surface area contributed by atoms with Gasteiger partial charge in [0, 0.05) is 29.7 Å². The summed E-state index contributed by atoms with van der Waals surface area (Å²) in [4.78, 5) is 12.0. The molecule has 2 atom stereocenters. The van der Waals surface area contributed by atoms with Gasteiger partial charge in [0.25, 0.3) is 0 Å². The van der Waals surface area contributed by atoms with Gasteiger partial charge in [0.15, 0.2) is 0 Å². The fourth-order valence-electron chi connectivity index (χ4n) is 2.22. The van der Waals surface area contributed by atoms with Crippen LogP contribution in [-0.2, 0) is 0 Å². The molecular formula is C15H19ClN2O3. The van der Waals surface area contributed by atoms with Gasteiger partial charge in [-0.2, -0.15) is 0 Å². The van der Waals surface area contributed by atoms with Crippen molar-refractivity contribution in [2.24, 2.45) is 5.92 Å². The first-order valence-corrected chi connectivity index (χ1v) is 7.29. The molecule has 0 saturated carbocycles. The molecule has 0 heterocycles. The second-order valence-corrected chi connectivity index (χ2v) is 5.28. The molecule has 1 aromatic carbocycles. The standard InChI is InChI=1S/C15H19ClN2O3/c1-2-21-14-8-11(16)4-6-13(14)18-15(20)17-12-5-3-10(7-12)9-19/h3-6,8,10,12,19H,2,7,9H2,1H3,(H2,17,18,20)/t10-,12+/m0/s1. The van der Waals surface area contributed by atoms with Crippen molar-refractivity contribution in [2.75, 3.05) is 18.5 Å². The summed E-state index contributed by atoms with van der Waals surface area (Å²) < 4.78 is 5.45. The third-order valence-electron chi connectivity index (χ3n) is 3.21. The quantitative estimate of drug-likeness (QED) is 0.732. The number of benzene rings is 1. The molecule has 2 rings (SSSR count). The van der Waals surface area contributed by atoms with Crippen LogP contribution in [0.15, 0.2) is 30.4 Å². The lowest BCUT2D eigenvalue weighted by atomic mass is 10.1. The van der Waals surface area contributed by atoms with E-state index in [1.54, 1.807) is 18.2 Å². The van der Waals surface area contributed by atoms with Crippen molar-refractivity contribution in [3.63, 3.8) is 0 Å². The number of hydrogen-bond donors (Lipinski definition) is 3. The molecule has 2 amide bonds. The van der Waals surface area contributed by atoms with Crippen LogP contribution < -0.4 is 15.4 Å². The van der Waals surface area contributed by atoms with Gasteiger partial charge < -0.3 is 20.5 Å². The van der Waals surface area contributed by atoms with E-state index >= 15 is 0 Å². The Morgan fingerprint density at radius 1 is 1.48 bits per heavy atom. The number of halogens is 1. The minimum atomic E-state index is -0.313. The number of urea groups is 1. The number of anilines is 1. The van der Waals surface area contributed by atoms with Crippen molar-refractivity contribution in [1.82, 2.24) is 5.32 Å². The van der Waals surface area contributed by atoms with E-state index in [0.29, 0.717) is 29.5 Å². The molecule has 6 heteroatoms. The van der Waals surface area contributed by atoms with Gasteiger partial charge in [0.2, 0.25) is 0 Å². The zero-order valence-electron chi connectivity index (χ0n) is 11.8. The highest BCUT2D eigenvalue weighted by Crippen LogP contribution is 2.28. The van der Waals surface area contributed by atoms with E-state index < -0.39 is 0 Å². The highest BCUT2D eigenvalue weighted by atomic mass is 35.5. The second kappa shape index (κ2) is 7.33. The molecule has 114 valence electrons. The van der Waals surface area contributed by atoms with E-state index in [2.05, 4.69) is 10.6 Å². The molecular weight excluding hydrogens is 292 g/mol. The van der Waals surface area contributed by atoms with Gasteiger partial charge in [0.05, 0.1) is 12.3 Å². The van der Waals surface area contributed by atoms with Gasteiger partial charge in [-0.15, -0.1) is 0 Å². The Morgan fingerprint density at radius 2 is 2.29 bits per heavy atom. The van der Waals surface area contributed by atoms with Gasteiger partial charge in [-0.3, -0.25) is 0 Å². The third-order valence-corrected chi connectivity index (χ3v) is 3.45. The number of amides is 2. The summed E-state index contributed by atoms with van der Waals surface area (Å²) in [5.41, 5.74) is 0.569. The Labute approximate surface area is 128 Å². The monoisotopic (exact) mass is 310 g/mol. The zero-order chi connectivity index (χ0) is 15.2. The largest absolute Gasteiger partial charge is 0.492 e. The lowest BCUT2D eigenvalue weighted by Crippen LogP contribution is -2.36. The number of aliphatic hydroxyl groups excluding tert-OH is 1. The maximum Gasteiger partial charge on any atom is 0.319 e. The molecule has 1 aromatic rings. The summed E-state index contributed by atoms with van der Waals surface area (Å²) in [7, 11) is 0. The Bertz CT molecular complexity index is 534. The first kappa shape index (κ1) is 15.7. The summed E-state index contributed by atoms with van der Waals surface area (Å²) >= 11 is 5.92. The normalized spacial score (nSPS) is 20.3. The number of aliphatic hydroxyl groups is 1.